The molecule has 0 amide bonds. The molecule has 0 bridgehead atoms. The highest BCUT2D eigenvalue weighted by molar-refractivity contribution is 7.09. The molecule has 1 heterocycles. The molecule has 1 aromatic carbocycles. The molecule has 1 aromatic heterocycles. The van der Waals surface area contributed by atoms with Crippen LogP contribution in [-0.2, 0) is 15.8 Å². The van der Waals surface area contributed by atoms with Gasteiger partial charge in [0.15, 0.2) is 8.32 Å². The third kappa shape index (κ3) is 8.85. The maximum absolute atomic E-state index is 6.39. The van der Waals surface area contributed by atoms with Crippen LogP contribution in [0.3, 0.4) is 0 Å². The topological polar surface area (TPSA) is 40.6 Å². The van der Waals surface area contributed by atoms with E-state index >= 15 is 0 Å². The van der Waals surface area contributed by atoms with Gasteiger partial charge in [-0.15, -0.1) is 11.3 Å². The molecule has 0 aliphatic carbocycles. The van der Waals surface area contributed by atoms with Gasteiger partial charge in [0.25, 0.3) is 0 Å². The number of ether oxygens (including phenoxy) is 2. The minimum Gasteiger partial charge on any atom is -0.497 e. The van der Waals surface area contributed by atoms with Crippen LogP contribution in [0, 0.1) is 6.92 Å². The lowest BCUT2D eigenvalue weighted by atomic mass is 10.1. The Morgan fingerprint density at radius 2 is 1.82 bits per heavy atom. The fourth-order valence-corrected chi connectivity index (χ4v) is 4.55. The van der Waals surface area contributed by atoms with Crippen LogP contribution >= 0.6 is 11.3 Å². The molecule has 6 heteroatoms. The second-order valence-corrected chi connectivity index (χ2v) is 16.0. The lowest BCUT2D eigenvalue weighted by Crippen LogP contribution is -2.41. The van der Waals surface area contributed by atoms with E-state index in [2.05, 4.69) is 70.2 Å². The van der Waals surface area contributed by atoms with Crippen molar-refractivity contribution in [2.75, 3.05) is 13.7 Å². The Bertz CT molecular complexity index is 939. The number of aromatic nitrogens is 1. The summed E-state index contributed by atoms with van der Waals surface area (Å²) >= 11 is 1.67. The van der Waals surface area contributed by atoms with Crippen LogP contribution in [0.1, 0.15) is 57.3 Å². The minimum atomic E-state index is -1.76. The number of nitrogens with zero attached hydrogens (tertiary/aromatic N) is 1. The molecular weight excluding hydrogens is 446 g/mol. The Balaban J connectivity index is 2.10. The van der Waals surface area contributed by atoms with E-state index in [-0.39, 0.29) is 11.1 Å². The number of aryl methyl sites for hydroxylation is 1. The summed E-state index contributed by atoms with van der Waals surface area (Å²) in [7, 11) is -0.0825. The third-order valence-electron chi connectivity index (χ3n) is 6.28. The van der Waals surface area contributed by atoms with E-state index in [1.54, 1.807) is 18.4 Å². The summed E-state index contributed by atoms with van der Waals surface area (Å²) in [5, 5.41) is 3.37. The average molecular weight is 488 g/mol. The lowest BCUT2D eigenvalue weighted by molar-refractivity contribution is 0.0668. The van der Waals surface area contributed by atoms with Gasteiger partial charge in [0, 0.05) is 5.38 Å². The van der Waals surface area contributed by atoms with Crippen LogP contribution in [-0.4, -0.2) is 33.1 Å². The van der Waals surface area contributed by atoms with Gasteiger partial charge in [-0.1, -0.05) is 44.6 Å². The van der Waals surface area contributed by atoms with Gasteiger partial charge in [0.2, 0.25) is 0 Å². The normalized spacial score (nSPS) is 14.5. The fraction of sp³-hybridized carbons (Fsp3) is 0.519. The van der Waals surface area contributed by atoms with Crippen LogP contribution in [0.25, 0.3) is 6.08 Å². The van der Waals surface area contributed by atoms with Crippen molar-refractivity contribution in [1.82, 2.24) is 4.98 Å². The number of hydrogen-bond donors (Lipinski definition) is 0. The lowest BCUT2D eigenvalue weighted by Gasteiger charge is -2.36. The molecule has 0 N–H and O–H groups in total. The summed E-state index contributed by atoms with van der Waals surface area (Å²) in [6.07, 6.45) is 5.17. The van der Waals surface area contributed by atoms with Gasteiger partial charge in [-0.2, -0.15) is 0 Å². The molecule has 4 nitrogen and oxygen atoms in total. The van der Waals surface area contributed by atoms with E-state index in [9.17, 15) is 0 Å². The van der Waals surface area contributed by atoms with Crippen LogP contribution in [0.2, 0.25) is 18.1 Å². The SMILES string of the molecule is COc1ccc(CO[C@@H](C/C=C(/C)CO[Si](C)(C)C(C)(C)C)/C(C)=C/c2csc(C)n2)cc1. The number of rotatable bonds is 11. The second-order valence-electron chi connectivity index (χ2n) is 10.2. The van der Waals surface area contributed by atoms with Gasteiger partial charge >= 0.3 is 0 Å². The summed E-state index contributed by atoms with van der Waals surface area (Å²) in [4.78, 5) is 4.59. The molecule has 1 atom stereocenters. The highest BCUT2D eigenvalue weighted by atomic mass is 32.1. The summed E-state index contributed by atoms with van der Waals surface area (Å²) in [5.74, 6) is 0.852. The first-order valence-electron chi connectivity index (χ1n) is 11.6. The van der Waals surface area contributed by atoms with E-state index in [4.69, 9.17) is 13.9 Å². The van der Waals surface area contributed by atoms with E-state index in [1.807, 2.05) is 31.2 Å². The van der Waals surface area contributed by atoms with Gasteiger partial charge in [0.05, 0.1) is 37.1 Å². The molecule has 33 heavy (non-hydrogen) atoms. The van der Waals surface area contributed by atoms with Crippen molar-refractivity contribution in [3.63, 3.8) is 0 Å². The van der Waals surface area contributed by atoms with Gasteiger partial charge in [-0.05, 0) is 74.7 Å². The Kier molecular flexibility index (Phi) is 10.1. The monoisotopic (exact) mass is 487 g/mol. The van der Waals surface area contributed by atoms with Crippen LogP contribution in [0.15, 0.2) is 46.9 Å². The molecule has 0 radical (unpaired) electrons. The fourth-order valence-electron chi connectivity index (χ4n) is 2.95. The van der Waals surface area contributed by atoms with E-state index in [0.717, 1.165) is 28.4 Å². The Labute approximate surface area is 205 Å². The molecule has 0 saturated heterocycles. The van der Waals surface area contributed by atoms with E-state index in [1.165, 1.54) is 11.1 Å². The molecule has 0 unspecified atom stereocenters. The maximum atomic E-state index is 6.39. The van der Waals surface area contributed by atoms with Crippen LogP contribution in [0.5, 0.6) is 5.75 Å². The van der Waals surface area contributed by atoms with Gasteiger partial charge in [0.1, 0.15) is 5.75 Å². The second kappa shape index (κ2) is 12.1. The number of hydrogen-bond acceptors (Lipinski definition) is 5. The molecule has 0 saturated carbocycles. The van der Waals surface area contributed by atoms with Crippen molar-refractivity contribution >= 4 is 25.7 Å². The predicted octanol–water partition coefficient (Wildman–Crippen LogP) is 7.81. The first-order valence-corrected chi connectivity index (χ1v) is 15.3. The summed E-state index contributed by atoms with van der Waals surface area (Å²) < 4.78 is 18.0. The quantitative estimate of drug-likeness (QED) is 0.239. The smallest absolute Gasteiger partial charge is 0.192 e. The van der Waals surface area contributed by atoms with Crippen molar-refractivity contribution in [3.8, 4) is 5.75 Å². The Hall–Kier alpha value is -1.73. The van der Waals surface area contributed by atoms with Crippen molar-refractivity contribution < 1.29 is 13.9 Å². The van der Waals surface area contributed by atoms with Crippen LogP contribution in [0.4, 0.5) is 0 Å². The summed E-state index contributed by atoms with van der Waals surface area (Å²) in [6, 6.07) is 8.03. The zero-order valence-electron chi connectivity index (χ0n) is 21.8. The van der Waals surface area contributed by atoms with E-state index in [0.29, 0.717) is 13.2 Å². The largest absolute Gasteiger partial charge is 0.497 e. The highest BCUT2D eigenvalue weighted by Gasteiger charge is 2.36. The standard InChI is InChI=1S/C27H41NO3SSi/c1-20(17-31-33(8,9)27(4,5)6)10-15-26(21(2)16-24-19-32-22(3)28-24)30-18-23-11-13-25(29-7)14-12-23/h10-14,16,19,26H,15,17-18H2,1-9H3/b20-10-,21-16+/t26-/m0/s1. The van der Waals surface area contributed by atoms with Crippen molar-refractivity contribution in [3.05, 3.63) is 63.1 Å². The molecule has 0 spiro atoms. The summed E-state index contributed by atoms with van der Waals surface area (Å²) in [5.41, 5.74) is 4.54. The average Bonchev–Trinajstić information content (AvgIpc) is 3.16. The molecule has 0 aliphatic heterocycles. The van der Waals surface area contributed by atoms with Crippen molar-refractivity contribution in [2.24, 2.45) is 0 Å². The van der Waals surface area contributed by atoms with Gasteiger partial charge < -0.3 is 13.9 Å². The first kappa shape index (κ1) is 27.5. The highest BCUT2D eigenvalue weighted by Crippen LogP contribution is 2.36. The first-order chi connectivity index (χ1) is 15.4. The van der Waals surface area contributed by atoms with Crippen LogP contribution < -0.4 is 4.74 Å². The van der Waals surface area contributed by atoms with Gasteiger partial charge in [-0.3, -0.25) is 0 Å². The number of benzene rings is 1. The van der Waals surface area contributed by atoms with Crippen molar-refractivity contribution in [2.45, 2.75) is 78.8 Å². The number of methoxy groups -OCH3 is 1. The Morgan fingerprint density at radius 3 is 2.36 bits per heavy atom. The molecule has 182 valence electrons. The molecule has 2 aromatic rings. The molecule has 0 fully saturated rings. The molecule has 2 rings (SSSR count). The minimum absolute atomic E-state index is 0.0306. The molecular formula is C27H41NO3SSi. The summed E-state index contributed by atoms with van der Waals surface area (Å²) in [6.45, 7) is 18.9. The predicted molar refractivity (Wildman–Crippen MR) is 144 cm³/mol. The molecule has 0 aliphatic rings. The number of thiazole rings is 1. The third-order valence-corrected chi connectivity index (χ3v) is 11.5. The van der Waals surface area contributed by atoms with E-state index < -0.39 is 8.32 Å². The zero-order chi connectivity index (χ0) is 24.6. The van der Waals surface area contributed by atoms with Crippen molar-refractivity contribution in [1.29, 1.82) is 0 Å². The Morgan fingerprint density at radius 1 is 1.15 bits per heavy atom. The van der Waals surface area contributed by atoms with Gasteiger partial charge in [-0.25, -0.2) is 4.98 Å². The maximum Gasteiger partial charge on any atom is 0.192 e. The zero-order valence-corrected chi connectivity index (χ0v) is 23.6.